The molecule has 0 unspecified atom stereocenters. The van der Waals surface area contributed by atoms with Gasteiger partial charge in [0.1, 0.15) is 11.6 Å². The van der Waals surface area contributed by atoms with Gasteiger partial charge in [-0.2, -0.15) is 0 Å². The number of phenolic OH excluding ortho intramolecular Hbond substituents is 1. The molecule has 106 valence electrons. The van der Waals surface area contributed by atoms with Crippen molar-refractivity contribution in [1.82, 2.24) is 4.98 Å². The van der Waals surface area contributed by atoms with Gasteiger partial charge < -0.3 is 15.5 Å². The first-order chi connectivity index (χ1) is 9.37. The van der Waals surface area contributed by atoms with Crippen molar-refractivity contribution < 1.29 is 15.0 Å². The van der Waals surface area contributed by atoms with Crippen molar-refractivity contribution in [3.8, 4) is 5.75 Å². The van der Waals surface area contributed by atoms with Crippen LogP contribution in [0.25, 0.3) is 10.8 Å². The standard InChI is InChI=1S/C15H18N2O3/c1-15(2,7-5-13(19)20)17-14-12-9-11(18)4-3-10(12)6-8-16-14/h3-4,6,8-9,18H,5,7H2,1-2H3,(H,16,17)(H,19,20). The number of rotatable bonds is 5. The number of fused-ring (bicyclic) bond motifs is 1. The minimum atomic E-state index is -0.816. The summed E-state index contributed by atoms with van der Waals surface area (Å²) in [5.41, 5.74) is -0.398. The monoisotopic (exact) mass is 274 g/mol. The second kappa shape index (κ2) is 5.36. The van der Waals surface area contributed by atoms with E-state index in [-0.39, 0.29) is 12.2 Å². The Bertz CT molecular complexity index is 638. The second-order valence-electron chi connectivity index (χ2n) is 5.47. The van der Waals surface area contributed by atoms with E-state index in [1.807, 2.05) is 26.0 Å². The van der Waals surface area contributed by atoms with E-state index in [1.54, 1.807) is 18.3 Å². The maximum atomic E-state index is 10.7. The molecule has 2 aromatic rings. The second-order valence-corrected chi connectivity index (χ2v) is 5.47. The molecular formula is C15H18N2O3. The Hall–Kier alpha value is -2.30. The number of benzene rings is 1. The highest BCUT2D eigenvalue weighted by Gasteiger charge is 2.20. The molecule has 3 N–H and O–H groups in total. The van der Waals surface area contributed by atoms with E-state index in [0.29, 0.717) is 12.2 Å². The largest absolute Gasteiger partial charge is 0.508 e. The molecule has 0 radical (unpaired) electrons. The number of hydrogen-bond acceptors (Lipinski definition) is 4. The summed E-state index contributed by atoms with van der Waals surface area (Å²) < 4.78 is 0. The van der Waals surface area contributed by atoms with Gasteiger partial charge in [0.15, 0.2) is 0 Å². The molecule has 1 aromatic carbocycles. The van der Waals surface area contributed by atoms with Crippen LogP contribution >= 0.6 is 0 Å². The van der Waals surface area contributed by atoms with Crippen LogP contribution in [0.4, 0.5) is 5.82 Å². The van der Waals surface area contributed by atoms with E-state index in [0.717, 1.165) is 10.8 Å². The minimum absolute atomic E-state index is 0.0933. The van der Waals surface area contributed by atoms with Crippen molar-refractivity contribution in [2.45, 2.75) is 32.2 Å². The molecule has 0 spiro atoms. The van der Waals surface area contributed by atoms with Gasteiger partial charge in [0.05, 0.1) is 0 Å². The topological polar surface area (TPSA) is 82.5 Å². The van der Waals surface area contributed by atoms with Gasteiger partial charge in [-0.15, -0.1) is 0 Å². The van der Waals surface area contributed by atoms with Crippen LogP contribution in [0.1, 0.15) is 26.7 Å². The lowest BCUT2D eigenvalue weighted by Gasteiger charge is -2.27. The maximum absolute atomic E-state index is 10.7. The van der Waals surface area contributed by atoms with Crippen molar-refractivity contribution in [1.29, 1.82) is 0 Å². The van der Waals surface area contributed by atoms with Crippen LogP contribution in [0.15, 0.2) is 30.5 Å². The van der Waals surface area contributed by atoms with E-state index in [4.69, 9.17) is 5.11 Å². The molecule has 0 fully saturated rings. The fourth-order valence-electron chi connectivity index (χ4n) is 2.06. The Labute approximate surface area is 117 Å². The molecule has 2 rings (SSSR count). The molecular weight excluding hydrogens is 256 g/mol. The summed E-state index contributed by atoms with van der Waals surface area (Å²) in [6.07, 6.45) is 2.27. The smallest absolute Gasteiger partial charge is 0.303 e. The molecule has 0 amide bonds. The Balaban J connectivity index is 2.29. The Morgan fingerprint density at radius 2 is 2.10 bits per heavy atom. The fourth-order valence-corrected chi connectivity index (χ4v) is 2.06. The Kier molecular flexibility index (Phi) is 3.79. The number of pyridine rings is 1. The van der Waals surface area contributed by atoms with E-state index >= 15 is 0 Å². The lowest BCUT2D eigenvalue weighted by atomic mass is 9.98. The molecule has 5 heteroatoms. The van der Waals surface area contributed by atoms with Gasteiger partial charge in [0, 0.05) is 23.5 Å². The van der Waals surface area contributed by atoms with Crippen molar-refractivity contribution in [2.24, 2.45) is 0 Å². The van der Waals surface area contributed by atoms with Gasteiger partial charge in [-0.3, -0.25) is 4.79 Å². The molecule has 1 aromatic heterocycles. The first-order valence-electron chi connectivity index (χ1n) is 6.45. The van der Waals surface area contributed by atoms with Gasteiger partial charge in [-0.1, -0.05) is 6.07 Å². The molecule has 0 aliphatic heterocycles. The summed E-state index contributed by atoms with van der Waals surface area (Å²) >= 11 is 0. The van der Waals surface area contributed by atoms with Crippen LogP contribution in [0.3, 0.4) is 0 Å². The van der Waals surface area contributed by atoms with E-state index in [1.165, 1.54) is 0 Å². The molecule has 5 nitrogen and oxygen atoms in total. The quantitative estimate of drug-likeness (QED) is 0.780. The molecule has 0 saturated heterocycles. The van der Waals surface area contributed by atoms with Gasteiger partial charge in [-0.25, -0.2) is 4.98 Å². The summed E-state index contributed by atoms with van der Waals surface area (Å²) in [6.45, 7) is 3.86. The molecule has 0 atom stereocenters. The number of hydrogen-bond donors (Lipinski definition) is 3. The van der Waals surface area contributed by atoms with Crippen LogP contribution in [-0.2, 0) is 4.79 Å². The third-order valence-corrected chi connectivity index (χ3v) is 3.17. The summed E-state index contributed by atoms with van der Waals surface area (Å²) in [5.74, 6) is 0.00841. The zero-order valence-corrected chi connectivity index (χ0v) is 11.6. The number of aliphatic carboxylic acids is 1. The highest BCUT2D eigenvalue weighted by molar-refractivity contribution is 5.92. The number of carboxylic acid groups (broad SMARTS) is 1. The average Bonchev–Trinajstić information content (AvgIpc) is 2.37. The number of aromatic hydroxyl groups is 1. The van der Waals surface area contributed by atoms with E-state index in [2.05, 4.69) is 10.3 Å². The van der Waals surface area contributed by atoms with Crippen LogP contribution in [0, 0.1) is 0 Å². The zero-order chi connectivity index (χ0) is 14.8. The summed E-state index contributed by atoms with van der Waals surface area (Å²) in [5, 5.41) is 23.4. The lowest BCUT2D eigenvalue weighted by molar-refractivity contribution is -0.137. The average molecular weight is 274 g/mol. The number of nitrogens with one attached hydrogen (secondary N) is 1. The third-order valence-electron chi connectivity index (χ3n) is 3.17. The zero-order valence-electron chi connectivity index (χ0n) is 11.6. The summed E-state index contributed by atoms with van der Waals surface area (Å²) in [6, 6.07) is 6.96. The van der Waals surface area contributed by atoms with Crippen molar-refractivity contribution in [2.75, 3.05) is 5.32 Å². The van der Waals surface area contributed by atoms with Crippen molar-refractivity contribution in [3.63, 3.8) is 0 Å². The van der Waals surface area contributed by atoms with Crippen molar-refractivity contribution >= 4 is 22.6 Å². The summed E-state index contributed by atoms with van der Waals surface area (Å²) in [7, 11) is 0. The van der Waals surface area contributed by atoms with Gasteiger partial charge >= 0.3 is 5.97 Å². The van der Waals surface area contributed by atoms with E-state index in [9.17, 15) is 9.90 Å². The third kappa shape index (κ3) is 3.38. The van der Waals surface area contributed by atoms with Crippen molar-refractivity contribution in [3.05, 3.63) is 30.5 Å². The van der Waals surface area contributed by atoms with Gasteiger partial charge in [0.25, 0.3) is 0 Å². The molecule has 0 saturated carbocycles. The van der Waals surface area contributed by atoms with Crippen LogP contribution in [0.2, 0.25) is 0 Å². The Morgan fingerprint density at radius 1 is 1.35 bits per heavy atom. The number of phenols is 1. The SMILES string of the molecule is CC(C)(CCC(=O)O)Nc1nccc2ccc(O)cc12. The fraction of sp³-hybridized carbons (Fsp3) is 0.333. The lowest BCUT2D eigenvalue weighted by Crippen LogP contribution is -2.32. The Morgan fingerprint density at radius 3 is 2.80 bits per heavy atom. The number of carboxylic acids is 1. The van der Waals surface area contributed by atoms with Crippen LogP contribution in [-0.4, -0.2) is 26.7 Å². The molecule has 0 aliphatic carbocycles. The highest BCUT2D eigenvalue weighted by Crippen LogP contribution is 2.28. The molecule has 0 aliphatic rings. The number of carbonyl (C=O) groups is 1. The summed E-state index contributed by atoms with van der Waals surface area (Å²) in [4.78, 5) is 15.0. The molecule has 0 bridgehead atoms. The maximum Gasteiger partial charge on any atom is 0.303 e. The predicted octanol–water partition coefficient (Wildman–Crippen LogP) is 3.00. The first kappa shape index (κ1) is 14.1. The van der Waals surface area contributed by atoms with Gasteiger partial charge in [0.2, 0.25) is 0 Å². The predicted molar refractivity (Wildman–Crippen MR) is 78.0 cm³/mol. The highest BCUT2D eigenvalue weighted by atomic mass is 16.4. The van der Waals surface area contributed by atoms with Gasteiger partial charge in [-0.05, 0) is 43.9 Å². The molecule has 20 heavy (non-hydrogen) atoms. The normalized spacial score (nSPS) is 11.5. The number of nitrogens with zero attached hydrogens (tertiary/aromatic N) is 1. The minimum Gasteiger partial charge on any atom is -0.508 e. The number of aromatic nitrogens is 1. The number of anilines is 1. The first-order valence-corrected chi connectivity index (χ1v) is 6.45. The van der Waals surface area contributed by atoms with E-state index < -0.39 is 11.5 Å². The van der Waals surface area contributed by atoms with Crippen LogP contribution < -0.4 is 5.32 Å². The molecule has 1 heterocycles. The van der Waals surface area contributed by atoms with Crippen LogP contribution in [0.5, 0.6) is 5.75 Å².